The maximum Gasteiger partial charge on any atom is 0.251 e. The second-order valence-corrected chi connectivity index (χ2v) is 5.47. The van der Waals surface area contributed by atoms with Crippen molar-refractivity contribution in [1.82, 2.24) is 16.0 Å². The summed E-state index contributed by atoms with van der Waals surface area (Å²) in [5.41, 5.74) is 0.620. The average Bonchev–Trinajstić information content (AvgIpc) is 2.63. The van der Waals surface area contributed by atoms with Crippen molar-refractivity contribution in [1.29, 1.82) is 0 Å². The van der Waals surface area contributed by atoms with Gasteiger partial charge < -0.3 is 20.7 Å². The Bertz CT molecular complexity index is 506. The average molecular weight is 462 g/mol. The SMILES string of the molecule is CCCCCCNC(=NC)NCCNC(=O)c1ccc(OC)cc1.I. The largest absolute Gasteiger partial charge is 0.497 e. The third kappa shape index (κ3) is 10.2. The predicted octanol–water partition coefficient (Wildman–Crippen LogP) is 2.79. The van der Waals surface area contributed by atoms with E-state index in [1.807, 2.05) is 0 Å². The van der Waals surface area contributed by atoms with E-state index >= 15 is 0 Å². The monoisotopic (exact) mass is 462 g/mol. The van der Waals surface area contributed by atoms with Gasteiger partial charge in [0.2, 0.25) is 0 Å². The minimum atomic E-state index is -0.0954. The summed E-state index contributed by atoms with van der Waals surface area (Å²) in [5, 5.41) is 9.34. The zero-order valence-corrected chi connectivity index (χ0v) is 17.8. The second-order valence-electron chi connectivity index (χ2n) is 5.47. The molecule has 0 aromatic heterocycles. The van der Waals surface area contributed by atoms with Crippen LogP contribution in [0.1, 0.15) is 43.0 Å². The highest BCUT2D eigenvalue weighted by Gasteiger charge is 2.04. The molecule has 25 heavy (non-hydrogen) atoms. The lowest BCUT2D eigenvalue weighted by Gasteiger charge is -2.12. The van der Waals surface area contributed by atoms with E-state index in [-0.39, 0.29) is 29.9 Å². The minimum Gasteiger partial charge on any atom is -0.497 e. The van der Waals surface area contributed by atoms with Crippen LogP contribution < -0.4 is 20.7 Å². The Kier molecular flexibility index (Phi) is 13.9. The van der Waals surface area contributed by atoms with E-state index in [9.17, 15) is 4.79 Å². The number of carbonyl (C=O) groups is 1. The molecule has 1 aromatic rings. The molecule has 1 rings (SSSR count). The summed E-state index contributed by atoms with van der Waals surface area (Å²) in [6.07, 6.45) is 4.88. The zero-order valence-electron chi connectivity index (χ0n) is 15.4. The number of hydrogen-bond donors (Lipinski definition) is 3. The van der Waals surface area contributed by atoms with Gasteiger partial charge in [0, 0.05) is 32.2 Å². The van der Waals surface area contributed by atoms with E-state index in [4.69, 9.17) is 4.74 Å². The van der Waals surface area contributed by atoms with E-state index in [0.717, 1.165) is 24.7 Å². The van der Waals surface area contributed by atoms with Crippen LogP contribution >= 0.6 is 24.0 Å². The molecule has 0 spiro atoms. The van der Waals surface area contributed by atoms with E-state index in [1.54, 1.807) is 38.4 Å². The molecule has 0 radical (unpaired) electrons. The number of ether oxygens (including phenoxy) is 1. The van der Waals surface area contributed by atoms with Crippen LogP contribution in [0.2, 0.25) is 0 Å². The first kappa shape index (κ1) is 23.5. The minimum absolute atomic E-state index is 0. The smallest absolute Gasteiger partial charge is 0.251 e. The van der Waals surface area contributed by atoms with Gasteiger partial charge in [0.25, 0.3) is 5.91 Å². The van der Waals surface area contributed by atoms with Gasteiger partial charge in [0.1, 0.15) is 5.75 Å². The number of aliphatic imine (C=N–C) groups is 1. The van der Waals surface area contributed by atoms with Crippen molar-refractivity contribution in [2.45, 2.75) is 32.6 Å². The zero-order chi connectivity index (χ0) is 17.6. The number of benzene rings is 1. The first-order valence-electron chi connectivity index (χ1n) is 8.58. The van der Waals surface area contributed by atoms with Crippen LogP contribution in [0.25, 0.3) is 0 Å². The van der Waals surface area contributed by atoms with Crippen LogP contribution in [0.15, 0.2) is 29.3 Å². The van der Waals surface area contributed by atoms with Gasteiger partial charge in [-0.3, -0.25) is 9.79 Å². The number of halogens is 1. The third-order valence-electron chi connectivity index (χ3n) is 3.60. The molecule has 0 aliphatic heterocycles. The molecule has 0 aliphatic carbocycles. The molecule has 3 N–H and O–H groups in total. The molecular weight excluding hydrogens is 431 g/mol. The molecular formula is C18H31IN4O2. The summed E-state index contributed by atoms with van der Waals surface area (Å²) < 4.78 is 5.08. The number of nitrogens with one attached hydrogen (secondary N) is 3. The summed E-state index contributed by atoms with van der Waals surface area (Å²) in [7, 11) is 3.35. The van der Waals surface area contributed by atoms with Gasteiger partial charge in [-0.15, -0.1) is 24.0 Å². The summed E-state index contributed by atoms with van der Waals surface area (Å²) in [6.45, 7) is 4.27. The topological polar surface area (TPSA) is 74.8 Å². The fourth-order valence-corrected chi connectivity index (χ4v) is 2.18. The first-order valence-corrected chi connectivity index (χ1v) is 8.58. The van der Waals surface area contributed by atoms with Crippen LogP contribution in [0.3, 0.4) is 0 Å². The number of methoxy groups -OCH3 is 1. The van der Waals surface area contributed by atoms with Crippen LogP contribution in [0.5, 0.6) is 5.75 Å². The summed E-state index contributed by atoms with van der Waals surface area (Å²) in [6, 6.07) is 7.05. The van der Waals surface area contributed by atoms with Crippen LogP contribution in [-0.2, 0) is 0 Å². The van der Waals surface area contributed by atoms with E-state index in [0.29, 0.717) is 18.7 Å². The van der Waals surface area contributed by atoms with Gasteiger partial charge in [-0.05, 0) is 30.7 Å². The lowest BCUT2D eigenvalue weighted by atomic mass is 10.2. The Morgan fingerprint density at radius 3 is 2.24 bits per heavy atom. The Morgan fingerprint density at radius 1 is 1.00 bits per heavy atom. The van der Waals surface area contributed by atoms with Crippen molar-refractivity contribution >= 4 is 35.8 Å². The lowest BCUT2D eigenvalue weighted by molar-refractivity contribution is 0.0954. The molecule has 0 unspecified atom stereocenters. The number of nitrogens with zero attached hydrogens (tertiary/aromatic N) is 1. The summed E-state index contributed by atoms with van der Waals surface area (Å²) in [4.78, 5) is 16.2. The highest BCUT2D eigenvalue weighted by molar-refractivity contribution is 14.0. The molecule has 0 atom stereocenters. The number of rotatable bonds is 10. The Hall–Kier alpha value is -1.51. The summed E-state index contributed by atoms with van der Waals surface area (Å²) in [5.74, 6) is 1.41. The number of hydrogen-bond acceptors (Lipinski definition) is 3. The van der Waals surface area contributed by atoms with Gasteiger partial charge >= 0.3 is 0 Å². The predicted molar refractivity (Wildman–Crippen MR) is 114 cm³/mol. The molecule has 0 bridgehead atoms. The molecule has 6 nitrogen and oxygen atoms in total. The van der Waals surface area contributed by atoms with Crippen molar-refractivity contribution in [3.05, 3.63) is 29.8 Å². The van der Waals surface area contributed by atoms with Gasteiger partial charge in [-0.2, -0.15) is 0 Å². The maximum absolute atomic E-state index is 12.0. The van der Waals surface area contributed by atoms with Crippen molar-refractivity contribution in [2.24, 2.45) is 4.99 Å². The molecule has 1 aromatic carbocycles. The van der Waals surface area contributed by atoms with Crippen molar-refractivity contribution in [3.63, 3.8) is 0 Å². The molecule has 7 heteroatoms. The Balaban J connectivity index is 0.00000576. The first-order chi connectivity index (χ1) is 11.7. The molecule has 142 valence electrons. The highest BCUT2D eigenvalue weighted by Crippen LogP contribution is 2.10. The molecule has 0 aliphatic rings. The van der Waals surface area contributed by atoms with Gasteiger partial charge in [0.05, 0.1) is 7.11 Å². The van der Waals surface area contributed by atoms with E-state index in [1.165, 1.54) is 19.3 Å². The van der Waals surface area contributed by atoms with Crippen LogP contribution in [0, 0.1) is 0 Å². The Morgan fingerprint density at radius 2 is 1.64 bits per heavy atom. The molecule has 0 saturated carbocycles. The second kappa shape index (κ2) is 14.8. The maximum atomic E-state index is 12.0. The molecule has 0 saturated heterocycles. The number of carbonyl (C=O) groups excluding carboxylic acids is 1. The van der Waals surface area contributed by atoms with Crippen LogP contribution in [-0.4, -0.2) is 45.7 Å². The third-order valence-corrected chi connectivity index (χ3v) is 3.60. The van der Waals surface area contributed by atoms with Gasteiger partial charge in [0.15, 0.2) is 5.96 Å². The fourth-order valence-electron chi connectivity index (χ4n) is 2.18. The standard InChI is InChI=1S/C18H30N4O2.HI/c1-4-5-6-7-12-21-18(19-2)22-14-13-20-17(23)15-8-10-16(24-3)11-9-15;/h8-11H,4-7,12-14H2,1-3H3,(H,20,23)(H2,19,21,22);1H. The number of amides is 1. The fraction of sp³-hybridized carbons (Fsp3) is 0.556. The number of unbranched alkanes of at least 4 members (excludes halogenated alkanes) is 3. The van der Waals surface area contributed by atoms with E-state index < -0.39 is 0 Å². The number of guanidine groups is 1. The van der Waals surface area contributed by atoms with Crippen molar-refractivity contribution in [3.8, 4) is 5.75 Å². The van der Waals surface area contributed by atoms with Crippen LogP contribution in [0.4, 0.5) is 0 Å². The normalized spacial score (nSPS) is 10.6. The highest BCUT2D eigenvalue weighted by atomic mass is 127. The van der Waals surface area contributed by atoms with Gasteiger partial charge in [-0.1, -0.05) is 26.2 Å². The van der Waals surface area contributed by atoms with E-state index in [2.05, 4.69) is 27.9 Å². The Labute approximate surface area is 168 Å². The molecule has 1 amide bonds. The quantitative estimate of drug-likeness (QED) is 0.216. The van der Waals surface area contributed by atoms with Crippen molar-refractivity contribution < 1.29 is 9.53 Å². The molecule has 0 heterocycles. The van der Waals surface area contributed by atoms with Gasteiger partial charge in [-0.25, -0.2) is 0 Å². The molecule has 0 fully saturated rings. The lowest BCUT2D eigenvalue weighted by Crippen LogP contribution is -2.41. The summed E-state index contributed by atoms with van der Waals surface area (Å²) >= 11 is 0. The van der Waals surface area contributed by atoms with Crippen molar-refractivity contribution in [2.75, 3.05) is 33.8 Å².